The number of ketones is 1. The number of hydrogen-bond donors (Lipinski definition) is 0. The number of nitrogens with zero attached hydrogens (tertiary/aromatic N) is 2. The molecule has 3 aromatic rings. The van der Waals surface area contributed by atoms with Crippen LogP contribution in [0.1, 0.15) is 46.8 Å². The van der Waals surface area contributed by atoms with Crippen LogP contribution < -0.4 is 0 Å². The van der Waals surface area contributed by atoms with Crippen molar-refractivity contribution < 1.29 is 9.59 Å². The zero-order chi connectivity index (χ0) is 23.4. The third-order valence-corrected chi connectivity index (χ3v) is 6.54. The highest BCUT2D eigenvalue weighted by Gasteiger charge is 2.47. The molecule has 5 heteroatoms. The zero-order valence-corrected chi connectivity index (χ0v) is 19.5. The molecule has 1 aliphatic rings. The standard InChI is InChI=1S/C28H27ClN2O2/c1-3-15-31-27(33)26-9-5-4-8-22(26)18-28(31,23-10-12-24(29)13-11-23)20(2)16-25(32)17-21-7-6-14-30-19-21/h4-14,19H,2-3,15-18H2,1H3. The maximum Gasteiger partial charge on any atom is 0.255 e. The van der Waals surface area contributed by atoms with Crippen LogP contribution in [0.5, 0.6) is 0 Å². The van der Waals surface area contributed by atoms with Crippen molar-refractivity contribution in [2.45, 2.75) is 38.1 Å². The van der Waals surface area contributed by atoms with E-state index >= 15 is 0 Å². The minimum Gasteiger partial charge on any atom is -0.325 e. The van der Waals surface area contributed by atoms with Gasteiger partial charge < -0.3 is 4.90 Å². The van der Waals surface area contributed by atoms with Crippen molar-refractivity contribution in [1.82, 2.24) is 9.88 Å². The van der Waals surface area contributed by atoms with E-state index in [2.05, 4.69) is 18.5 Å². The van der Waals surface area contributed by atoms with Crippen molar-refractivity contribution in [3.8, 4) is 0 Å². The van der Waals surface area contributed by atoms with Crippen LogP contribution in [0.4, 0.5) is 0 Å². The summed E-state index contributed by atoms with van der Waals surface area (Å²) in [5.41, 5.74) is 3.36. The fraction of sp³-hybridized carbons (Fsp3) is 0.250. The Morgan fingerprint density at radius 2 is 1.88 bits per heavy atom. The lowest BCUT2D eigenvalue weighted by molar-refractivity contribution is -0.118. The summed E-state index contributed by atoms with van der Waals surface area (Å²) in [7, 11) is 0. The maximum absolute atomic E-state index is 13.7. The number of aromatic nitrogens is 1. The Morgan fingerprint density at radius 3 is 2.58 bits per heavy atom. The molecule has 0 saturated heterocycles. The van der Waals surface area contributed by atoms with E-state index < -0.39 is 5.54 Å². The number of fused-ring (bicyclic) bond motifs is 1. The second-order valence-corrected chi connectivity index (χ2v) is 8.95. The molecule has 1 atom stereocenters. The smallest absolute Gasteiger partial charge is 0.255 e. The van der Waals surface area contributed by atoms with Gasteiger partial charge in [0.05, 0.1) is 5.54 Å². The molecule has 4 rings (SSSR count). The molecular weight excluding hydrogens is 432 g/mol. The first kappa shape index (κ1) is 22.9. The first-order valence-electron chi connectivity index (χ1n) is 11.2. The van der Waals surface area contributed by atoms with Gasteiger partial charge in [0.15, 0.2) is 0 Å². The van der Waals surface area contributed by atoms with E-state index in [0.29, 0.717) is 23.6 Å². The summed E-state index contributed by atoms with van der Waals surface area (Å²) < 4.78 is 0. The molecule has 33 heavy (non-hydrogen) atoms. The number of hydrogen-bond acceptors (Lipinski definition) is 3. The Kier molecular flexibility index (Phi) is 6.75. The van der Waals surface area contributed by atoms with Gasteiger partial charge in [0.1, 0.15) is 5.78 Å². The zero-order valence-electron chi connectivity index (χ0n) is 18.8. The van der Waals surface area contributed by atoms with E-state index in [9.17, 15) is 9.59 Å². The minimum atomic E-state index is -0.823. The molecule has 4 nitrogen and oxygen atoms in total. The van der Waals surface area contributed by atoms with Crippen LogP contribution in [0.15, 0.2) is 85.2 Å². The minimum absolute atomic E-state index is 0.0329. The SMILES string of the molecule is C=C(CC(=O)Cc1cccnc1)C1(c2ccc(Cl)cc2)Cc2ccccc2C(=O)N1CCC. The molecule has 1 amide bonds. The molecule has 0 saturated carbocycles. The number of Topliss-reactive ketones (excluding diaryl/α,β-unsaturated/α-hetero) is 1. The summed E-state index contributed by atoms with van der Waals surface area (Å²) in [4.78, 5) is 32.8. The molecule has 0 fully saturated rings. The predicted octanol–water partition coefficient (Wildman–Crippen LogP) is 5.80. The summed E-state index contributed by atoms with van der Waals surface area (Å²) in [6.07, 6.45) is 5.21. The summed E-state index contributed by atoms with van der Waals surface area (Å²) in [6.45, 7) is 7.02. The highest BCUT2D eigenvalue weighted by Crippen LogP contribution is 2.45. The van der Waals surface area contributed by atoms with Gasteiger partial charge in [0.25, 0.3) is 5.91 Å². The lowest BCUT2D eigenvalue weighted by Gasteiger charge is -2.49. The van der Waals surface area contributed by atoms with Crippen molar-refractivity contribution in [1.29, 1.82) is 0 Å². The molecular formula is C28H27ClN2O2. The average molecular weight is 459 g/mol. The van der Waals surface area contributed by atoms with Crippen molar-refractivity contribution >= 4 is 23.3 Å². The Morgan fingerprint density at radius 1 is 1.12 bits per heavy atom. The average Bonchev–Trinajstić information content (AvgIpc) is 2.82. The van der Waals surface area contributed by atoms with Crippen LogP contribution in [0.3, 0.4) is 0 Å². The van der Waals surface area contributed by atoms with Gasteiger partial charge >= 0.3 is 0 Å². The van der Waals surface area contributed by atoms with Gasteiger partial charge in [-0.1, -0.05) is 61.5 Å². The van der Waals surface area contributed by atoms with E-state index in [1.165, 1.54) is 0 Å². The molecule has 0 N–H and O–H groups in total. The van der Waals surface area contributed by atoms with Gasteiger partial charge in [0, 0.05) is 48.8 Å². The van der Waals surface area contributed by atoms with Crippen molar-refractivity contribution in [3.63, 3.8) is 0 Å². The Labute approximate surface area is 199 Å². The normalized spacial score (nSPS) is 17.5. The molecule has 0 bridgehead atoms. The number of amides is 1. The third-order valence-electron chi connectivity index (χ3n) is 6.29. The fourth-order valence-corrected chi connectivity index (χ4v) is 4.90. The third kappa shape index (κ3) is 4.49. The molecule has 168 valence electrons. The fourth-order valence-electron chi connectivity index (χ4n) is 4.77. The van der Waals surface area contributed by atoms with Crippen molar-refractivity contribution in [2.75, 3.05) is 6.54 Å². The summed E-state index contributed by atoms with van der Waals surface area (Å²) >= 11 is 6.19. The second kappa shape index (κ2) is 9.72. The Balaban J connectivity index is 1.78. The summed E-state index contributed by atoms with van der Waals surface area (Å²) in [5.74, 6) is 0.0126. The van der Waals surface area contributed by atoms with Gasteiger partial charge in [-0.25, -0.2) is 0 Å². The monoisotopic (exact) mass is 458 g/mol. The van der Waals surface area contributed by atoms with E-state index in [4.69, 9.17) is 11.6 Å². The molecule has 2 aromatic carbocycles. The highest BCUT2D eigenvalue weighted by molar-refractivity contribution is 6.30. The number of rotatable bonds is 8. The Hall–Kier alpha value is -3.24. The largest absolute Gasteiger partial charge is 0.325 e. The predicted molar refractivity (Wildman–Crippen MR) is 131 cm³/mol. The molecule has 2 heterocycles. The first-order chi connectivity index (χ1) is 16.0. The molecule has 1 aliphatic heterocycles. The van der Waals surface area contributed by atoms with Gasteiger partial charge in [0.2, 0.25) is 0 Å². The van der Waals surface area contributed by atoms with Crippen LogP contribution in [0, 0.1) is 0 Å². The second-order valence-electron chi connectivity index (χ2n) is 8.51. The quantitative estimate of drug-likeness (QED) is 0.401. The lowest BCUT2D eigenvalue weighted by Crippen LogP contribution is -2.55. The van der Waals surface area contributed by atoms with Gasteiger partial charge in [-0.2, -0.15) is 0 Å². The van der Waals surface area contributed by atoms with Crippen LogP contribution in [0.25, 0.3) is 0 Å². The van der Waals surface area contributed by atoms with E-state index in [1.807, 2.05) is 65.6 Å². The molecule has 1 aromatic heterocycles. The number of benzene rings is 2. The van der Waals surface area contributed by atoms with Crippen molar-refractivity contribution in [2.24, 2.45) is 0 Å². The van der Waals surface area contributed by atoms with Gasteiger partial charge in [-0.05, 0) is 52.9 Å². The summed E-state index contributed by atoms with van der Waals surface area (Å²) in [6, 6.07) is 19.0. The van der Waals surface area contributed by atoms with E-state index in [-0.39, 0.29) is 24.5 Å². The Bertz CT molecular complexity index is 1170. The number of carbonyl (C=O) groups excluding carboxylic acids is 2. The van der Waals surface area contributed by atoms with Crippen molar-refractivity contribution in [3.05, 3.63) is 112 Å². The van der Waals surface area contributed by atoms with Crippen LogP contribution in [-0.4, -0.2) is 28.1 Å². The van der Waals surface area contributed by atoms with Crippen LogP contribution in [0.2, 0.25) is 5.02 Å². The molecule has 0 spiro atoms. The number of pyridine rings is 1. The first-order valence-corrected chi connectivity index (χ1v) is 11.6. The molecule has 0 aliphatic carbocycles. The highest BCUT2D eigenvalue weighted by atomic mass is 35.5. The molecule has 0 radical (unpaired) electrons. The van der Waals surface area contributed by atoms with E-state index in [1.54, 1.807) is 12.4 Å². The van der Waals surface area contributed by atoms with Gasteiger partial charge in [-0.15, -0.1) is 0 Å². The topological polar surface area (TPSA) is 50.3 Å². The number of halogens is 1. The van der Waals surface area contributed by atoms with Crippen LogP contribution in [-0.2, 0) is 23.2 Å². The van der Waals surface area contributed by atoms with Gasteiger partial charge in [-0.3, -0.25) is 14.6 Å². The summed E-state index contributed by atoms with van der Waals surface area (Å²) in [5, 5.41) is 0.622. The number of carbonyl (C=O) groups is 2. The molecule has 1 unspecified atom stereocenters. The van der Waals surface area contributed by atoms with E-state index in [0.717, 1.165) is 28.7 Å². The maximum atomic E-state index is 13.7. The van der Waals surface area contributed by atoms with Crippen LogP contribution >= 0.6 is 11.6 Å². The lowest BCUT2D eigenvalue weighted by atomic mass is 9.71.